The maximum atomic E-state index is 13.3. The highest BCUT2D eigenvalue weighted by molar-refractivity contribution is 5.99. The number of hydrogen-bond acceptors (Lipinski definition) is 2. The summed E-state index contributed by atoms with van der Waals surface area (Å²) in [6.07, 6.45) is -6.26. The molecule has 0 radical (unpaired) electrons. The van der Waals surface area contributed by atoms with E-state index in [-0.39, 0.29) is 0 Å². The Labute approximate surface area is 111 Å². The number of alkyl halides is 3. The van der Waals surface area contributed by atoms with Gasteiger partial charge in [-0.05, 0) is 6.08 Å². The number of hydrogen-bond donors (Lipinski definition) is 0. The lowest BCUT2D eigenvalue weighted by molar-refractivity contribution is -0.245. The Balaban J connectivity index is 3.57. The van der Waals surface area contributed by atoms with Gasteiger partial charge in [-0.2, -0.15) is 13.2 Å². The van der Waals surface area contributed by atoms with Crippen molar-refractivity contribution >= 4 is 17.2 Å². The highest BCUT2D eigenvalue weighted by Gasteiger charge is 2.36. The van der Waals surface area contributed by atoms with Gasteiger partial charge in [0.15, 0.2) is 23.3 Å². The van der Waals surface area contributed by atoms with Gasteiger partial charge in [0, 0.05) is 5.56 Å². The molecule has 0 heterocycles. The first kappa shape index (κ1) is 16.5. The normalized spacial score (nSPS) is 12.2. The quantitative estimate of drug-likeness (QED) is 0.277. The zero-order valence-corrected chi connectivity index (χ0v) is 9.49. The van der Waals surface area contributed by atoms with Crippen LogP contribution in [0.3, 0.4) is 0 Å². The lowest BCUT2D eigenvalue weighted by Gasteiger charge is -2.16. The average Bonchev–Trinajstić information content (AvgIpc) is 2.36. The predicted molar refractivity (Wildman–Crippen MR) is 51.6 cm³/mol. The maximum Gasteiger partial charge on any atom is 0.454 e. The van der Waals surface area contributed by atoms with Gasteiger partial charge in [-0.25, -0.2) is 22.4 Å². The summed E-state index contributed by atoms with van der Waals surface area (Å²) in [5, 5.41) is 11.2. The highest BCUT2D eigenvalue weighted by Crippen LogP contribution is 2.32. The molecule has 0 N–H and O–H groups in total. The molecule has 21 heavy (non-hydrogen) atoms. The van der Waals surface area contributed by atoms with E-state index in [4.69, 9.17) is 6.57 Å². The molecule has 0 fully saturated rings. The van der Waals surface area contributed by atoms with Crippen LogP contribution < -0.4 is 5.11 Å². The van der Waals surface area contributed by atoms with E-state index in [0.717, 1.165) is 0 Å². The minimum atomic E-state index is -5.50. The van der Waals surface area contributed by atoms with Crippen LogP contribution in [-0.4, -0.2) is 12.0 Å². The fourth-order valence-electron chi connectivity index (χ4n) is 1.21. The molecule has 0 bridgehead atoms. The fraction of sp³-hybridized carbons (Fsp3) is 0.0909. The van der Waals surface area contributed by atoms with Gasteiger partial charge in [-0.1, -0.05) is 5.76 Å². The summed E-state index contributed by atoms with van der Waals surface area (Å²) < 4.78 is 88.7. The molecule has 0 aliphatic rings. The third kappa shape index (κ3) is 2.96. The van der Waals surface area contributed by atoms with Crippen molar-refractivity contribution in [3.8, 4) is 0 Å². The largest absolute Gasteiger partial charge is 0.872 e. The maximum absolute atomic E-state index is 13.3. The molecule has 1 aromatic carbocycles. The van der Waals surface area contributed by atoms with Crippen LogP contribution in [0.1, 0.15) is 5.56 Å². The SMILES string of the molecule is [C-]#[N+]c1c(F)c(F)c(/C([O-])=C/C(=O)C(F)(F)F)c(F)c1F. The Bertz CT molecular complexity index is 656. The third-order valence-corrected chi connectivity index (χ3v) is 2.14. The molecule has 0 amide bonds. The molecule has 0 spiro atoms. The molecule has 10 heteroatoms. The van der Waals surface area contributed by atoms with Crippen molar-refractivity contribution in [2.75, 3.05) is 0 Å². The van der Waals surface area contributed by atoms with Gasteiger partial charge in [0.2, 0.25) is 0 Å². The lowest BCUT2D eigenvalue weighted by Crippen LogP contribution is -2.22. The first-order chi connectivity index (χ1) is 9.52. The van der Waals surface area contributed by atoms with E-state index in [1.165, 1.54) is 0 Å². The highest BCUT2D eigenvalue weighted by atomic mass is 19.4. The molecule has 112 valence electrons. The van der Waals surface area contributed by atoms with Gasteiger partial charge < -0.3 is 5.11 Å². The van der Waals surface area contributed by atoms with Crippen molar-refractivity contribution < 1.29 is 40.6 Å². The summed E-state index contributed by atoms with van der Waals surface area (Å²) in [6.45, 7) is 6.31. The van der Waals surface area contributed by atoms with Crippen molar-refractivity contribution in [1.29, 1.82) is 0 Å². The molecule has 3 nitrogen and oxygen atoms in total. The topological polar surface area (TPSA) is 44.5 Å². The Morgan fingerprint density at radius 3 is 1.81 bits per heavy atom. The Morgan fingerprint density at radius 1 is 1.05 bits per heavy atom. The molecule has 0 aromatic heterocycles. The Hall–Kier alpha value is -2.57. The van der Waals surface area contributed by atoms with E-state index < -0.39 is 58.3 Å². The Kier molecular flexibility index (Phi) is 4.26. The van der Waals surface area contributed by atoms with E-state index in [0.29, 0.717) is 0 Å². The predicted octanol–water partition coefficient (Wildman–Crippen LogP) is 2.63. The average molecular weight is 312 g/mol. The smallest absolute Gasteiger partial charge is 0.454 e. The summed E-state index contributed by atoms with van der Waals surface area (Å²) in [6, 6.07) is 0. The number of benzene rings is 1. The van der Waals surface area contributed by atoms with Gasteiger partial charge in [0.1, 0.15) is 0 Å². The monoisotopic (exact) mass is 312 g/mol. The molecule has 0 unspecified atom stereocenters. The molecule has 0 aliphatic carbocycles. The second-order valence-corrected chi connectivity index (χ2v) is 3.46. The van der Waals surface area contributed by atoms with E-state index in [1.54, 1.807) is 0 Å². The van der Waals surface area contributed by atoms with E-state index >= 15 is 0 Å². The molecular formula is C11HF7NO2-. The van der Waals surface area contributed by atoms with Crippen LogP contribution in [0, 0.1) is 29.8 Å². The number of allylic oxidation sites excluding steroid dienone is 1. The zero-order chi connectivity index (χ0) is 16.5. The van der Waals surface area contributed by atoms with Crippen LogP contribution in [0.2, 0.25) is 0 Å². The van der Waals surface area contributed by atoms with Gasteiger partial charge in [-0.3, -0.25) is 4.79 Å². The van der Waals surface area contributed by atoms with Gasteiger partial charge in [-0.15, -0.1) is 0 Å². The molecular weight excluding hydrogens is 311 g/mol. The molecule has 0 saturated heterocycles. The first-order valence-electron chi connectivity index (χ1n) is 4.76. The van der Waals surface area contributed by atoms with Crippen molar-refractivity contribution in [2.45, 2.75) is 6.18 Å². The van der Waals surface area contributed by atoms with Crippen molar-refractivity contribution in [1.82, 2.24) is 0 Å². The van der Waals surface area contributed by atoms with Crippen molar-refractivity contribution in [3.63, 3.8) is 0 Å². The first-order valence-corrected chi connectivity index (χ1v) is 4.76. The number of carbonyl (C=O) groups is 1. The summed E-state index contributed by atoms with van der Waals surface area (Å²) in [5.41, 5.74) is -3.74. The Morgan fingerprint density at radius 2 is 1.48 bits per heavy atom. The molecule has 1 rings (SSSR count). The van der Waals surface area contributed by atoms with E-state index in [9.17, 15) is 40.6 Å². The number of carbonyl (C=O) groups excluding carboxylic acids is 1. The van der Waals surface area contributed by atoms with Gasteiger partial charge in [0.05, 0.1) is 6.57 Å². The zero-order valence-electron chi connectivity index (χ0n) is 9.49. The van der Waals surface area contributed by atoms with Gasteiger partial charge >= 0.3 is 6.18 Å². The summed E-state index contributed by atoms with van der Waals surface area (Å²) >= 11 is 0. The van der Waals surface area contributed by atoms with Crippen molar-refractivity contribution in [2.24, 2.45) is 0 Å². The molecule has 0 aliphatic heterocycles. The number of ketones is 1. The second-order valence-electron chi connectivity index (χ2n) is 3.46. The second kappa shape index (κ2) is 5.43. The summed E-state index contributed by atoms with van der Waals surface area (Å²) in [4.78, 5) is 12.6. The molecule has 1 aromatic rings. The van der Waals surface area contributed by atoms with Crippen LogP contribution in [-0.2, 0) is 4.79 Å². The standard InChI is InChI=1S/C11H2F7NO2/c1-19-10-8(14)6(12)5(7(13)9(10)15)3(20)2-4(21)11(16,17)18/h2,20H/p-1/b3-2-. The van der Waals surface area contributed by atoms with Crippen LogP contribution in [0.4, 0.5) is 36.4 Å². The minimum Gasteiger partial charge on any atom is -0.872 e. The van der Waals surface area contributed by atoms with Crippen molar-refractivity contribution in [3.05, 3.63) is 46.3 Å². The fourth-order valence-corrected chi connectivity index (χ4v) is 1.21. The molecule has 0 saturated carbocycles. The van der Waals surface area contributed by atoms with Gasteiger partial charge in [0.25, 0.3) is 11.5 Å². The van der Waals surface area contributed by atoms with Crippen LogP contribution in [0.25, 0.3) is 10.6 Å². The lowest BCUT2D eigenvalue weighted by atomic mass is 10.1. The number of rotatable bonds is 2. The van der Waals surface area contributed by atoms with E-state index in [2.05, 4.69) is 4.85 Å². The van der Waals surface area contributed by atoms with E-state index in [1.807, 2.05) is 0 Å². The minimum absolute atomic E-state index is 0.752. The third-order valence-electron chi connectivity index (χ3n) is 2.14. The number of halogens is 7. The molecule has 0 atom stereocenters. The summed E-state index contributed by atoms with van der Waals surface area (Å²) in [7, 11) is 0. The summed E-state index contributed by atoms with van der Waals surface area (Å²) in [5.74, 6) is -14.2. The number of nitrogens with zero attached hydrogens (tertiary/aromatic N) is 1. The van der Waals surface area contributed by atoms with Crippen LogP contribution >= 0.6 is 0 Å². The van der Waals surface area contributed by atoms with Crippen LogP contribution in [0.5, 0.6) is 0 Å². The van der Waals surface area contributed by atoms with Crippen LogP contribution in [0.15, 0.2) is 6.08 Å².